The van der Waals surface area contributed by atoms with Crippen LogP contribution in [0.15, 0.2) is 23.1 Å². The van der Waals surface area contributed by atoms with Gasteiger partial charge in [-0.15, -0.1) is 0 Å². The molecule has 0 amide bonds. The Morgan fingerprint density at radius 3 is 2.44 bits per heavy atom. The lowest BCUT2D eigenvalue weighted by molar-refractivity contribution is 0.0696. The van der Waals surface area contributed by atoms with E-state index in [4.69, 9.17) is 10.2 Å². The molecule has 0 aliphatic carbocycles. The van der Waals surface area contributed by atoms with Crippen LogP contribution in [0.1, 0.15) is 15.9 Å². The van der Waals surface area contributed by atoms with Crippen LogP contribution in [0.2, 0.25) is 0 Å². The summed E-state index contributed by atoms with van der Waals surface area (Å²) in [5.41, 5.74) is 0.453. The van der Waals surface area contributed by atoms with E-state index in [0.717, 1.165) is 0 Å². The molecule has 0 unspecified atom stereocenters. The van der Waals surface area contributed by atoms with Gasteiger partial charge in [0.1, 0.15) is 0 Å². The van der Waals surface area contributed by atoms with Gasteiger partial charge in [0.2, 0.25) is 0 Å². The van der Waals surface area contributed by atoms with Crippen molar-refractivity contribution in [2.75, 3.05) is 12.4 Å². The van der Waals surface area contributed by atoms with E-state index in [1.807, 2.05) is 0 Å². The maximum atomic E-state index is 11.6. The molecule has 0 fully saturated rings. The molecule has 0 aliphatic heterocycles. The number of aryl methyl sites for hydroxylation is 1. The van der Waals surface area contributed by atoms with Crippen LogP contribution in [0.3, 0.4) is 0 Å². The SMILES string of the molecule is Cc1cc(S(=O)(=O)CCO)ccc1C(=O)O. The fraction of sp³-hybridized carbons (Fsp3) is 0.300. The number of rotatable bonds is 4. The van der Waals surface area contributed by atoms with Crippen molar-refractivity contribution in [3.05, 3.63) is 29.3 Å². The molecule has 0 atom stereocenters. The Hall–Kier alpha value is -1.40. The van der Waals surface area contributed by atoms with Crippen molar-refractivity contribution in [3.63, 3.8) is 0 Å². The van der Waals surface area contributed by atoms with Crippen molar-refractivity contribution in [1.82, 2.24) is 0 Å². The fourth-order valence-electron chi connectivity index (χ4n) is 1.31. The van der Waals surface area contributed by atoms with E-state index in [1.165, 1.54) is 25.1 Å². The van der Waals surface area contributed by atoms with Crippen LogP contribution in [0.5, 0.6) is 0 Å². The molecule has 0 bridgehead atoms. The monoisotopic (exact) mass is 244 g/mol. The zero-order valence-electron chi connectivity index (χ0n) is 8.67. The minimum absolute atomic E-state index is 0.0315. The van der Waals surface area contributed by atoms with E-state index in [2.05, 4.69) is 0 Å². The molecule has 1 aromatic rings. The molecule has 1 rings (SSSR count). The highest BCUT2D eigenvalue weighted by Crippen LogP contribution is 2.16. The maximum Gasteiger partial charge on any atom is 0.335 e. The molecular weight excluding hydrogens is 232 g/mol. The highest BCUT2D eigenvalue weighted by molar-refractivity contribution is 7.91. The van der Waals surface area contributed by atoms with Gasteiger partial charge in [-0.05, 0) is 30.7 Å². The predicted octanol–water partition coefficient (Wildman–Crippen LogP) is 0.459. The summed E-state index contributed by atoms with van der Waals surface area (Å²) in [7, 11) is -3.52. The molecule has 0 aliphatic rings. The minimum Gasteiger partial charge on any atom is -0.478 e. The van der Waals surface area contributed by atoms with Gasteiger partial charge in [-0.25, -0.2) is 13.2 Å². The highest BCUT2D eigenvalue weighted by Gasteiger charge is 2.16. The van der Waals surface area contributed by atoms with Gasteiger partial charge in [0, 0.05) is 0 Å². The zero-order chi connectivity index (χ0) is 12.3. The van der Waals surface area contributed by atoms with Crippen LogP contribution in [0.4, 0.5) is 0 Å². The van der Waals surface area contributed by atoms with Crippen molar-refractivity contribution in [1.29, 1.82) is 0 Å². The fourth-order valence-corrected chi connectivity index (χ4v) is 2.42. The molecule has 88 valence electrons. The highest BCUT2D eigenvalue weighted by atomic mass is 32.2. The second-order valence-corrected chi connectivity index (χ2v) is 5.43. The van der Waals surface area contributed by atoms with E-state index in [1.54, 1.807) is 0 Å². The lowest BCUT2D eigenvalue weighted by Gasteiger charge is -2.05. The van der Waals surface area contributed by atoms with Crippen LogP contribution in [0.25, 0.3) is 0 Å². The first-order valence-corrected chi connectivity index (χ1v) is 6.21. The quantitative estimate of drug-likeness (QED) is 0.802. The van der Waals surface area contributed by atoms with Crippen molar-refractivity contribution < 1.29 is 23.4 Å². The summed E-state index contributed by atoms with van der Waals surface area (Å²) in [6.45, 7) is 1.07. The van der Waals surface area contributed by atoms with Crippen LogP contribution >= 0.6 is 0 Å². The second-order valence-electron chi connectivity index (χ2n) is 3.32. The molecule has 0 heterocycles. The van der Waals surface area contributed by atoms with Crippen LogP contribution < -0.4 is 0 Å². The Balaban J connectivity index is 3.21. The summed E-state index contributed by atoms with van der Waals surface area (Å²) < 4.78 is 23.1. The molecule has 0 aromatic heterocycles. The first kappa shape index (κ1) is 12.7. The standard InChI is InChI=1S/C10H12O5S/c1-7-6-8(16(14,15)5-4-11)2-3-9(7)10(12)13/h2-3,6,11H,4-5H2,1H3,(H,12,13). The number of carboxylic acid groups (broad SMARTS) is 1. The molecule has 16 heavy (non-hydrogen) atoms. The average molecular weight is 244 g/mol. The molecule has 1 aromatic carbocycles. The van der Waals surface area contributed by atoms with E-state index in [-0.39, 0.29) is 16.2 Å². The number of hydrogen-bond acceptors (Lipinski definition) is 4. The third-order valence-electron chi connectivity index (χ3n) is 2.15. The van der Waals surface area contributed by atoms with Gasteiger partial charge in [-0.1, -0.05) is 0 Å². The summed E-state index contributed by atoms with van der Waals surface area (Å²) in [5.74, 6) is -1.46. The van der Waals surface area contributed by atoms with Crippen molar-refractivity contribution >= 4 is 15.8 Å². The van der Waals surface area contributed by atoms with Crippen molar-refractivity contribution in [3.8, 4) is 0 Å². The number of sulfone groups is 1. The van der Waals surface area contributed by atoms with Gasteiger partial charge < -0.3 is 10.2 Å². The molecule has 5 nitrogen and oxygen atoms in total. The Bertz CT molecular complexity index is 504. The van der Waals surface area contributed by atoms with Gasteiger partial charge in [-0.2, -0.15) is 0 Å². The Kier molecular flexibility index (Phi) is 3.66. The van der Waals surface area contributed by atoms with E-state index < -0.39 is 22.4 Å². The predicted molar refractivity (Wildman–Crippen MR) is 57.3 cm³/mol. The van der Waals surface area contributed by atoms with Crippen molar-refractivity contribution in [2.45, 2.75) is 11.8 Å². The lowest BCUT2D eigenvalue weighted by Crippen LogP contribution is -2.11. The molecule has 0 spiro atoms. The van der Waals surface area contributed by atoms with Gasteiger partial charge in [0.15, 0.2) is 9.84 Å². The third-order valence-corrected chi connectivity index (χ3v) is 3.84. The van der Waals surface area contributed by atoms with Gasteiger partial charge >= 0.3 is 5.97 Å². The first-order valence-electron chi connectivity index (χ1n) is 4.56. The summed E-state index contributed by atoms with van der Waals surface area (Å²) in [6, 6.07) is 3.79. The van der Waals surface area contributed by atoms with Crippen LogP contribution in [-0.2, 0) is 9.84 Å². The summed E-state index contributed by atoms with van der Waals surface area (Å²) in [6.07, 6.45) is 0. The lowest BCUT2D eigenvalue weighted by atomic mass is 10.1. The first-order chi connectivity index (χ1) is 7.38. The number of benzene rings is 1. The topological polar surface area (TPSA) is 91.7 Å². The van der Waals surface area contributed by atoms with Crippen molar-refractivity contribution in [2.24, 2.45) is 0 Å². The molecule has 0 radical (unpaired) electrons. The molecule has 2 N–H and O–H groups in total. The van der Waals surface area contributed by atoms with Crippen LogP contribution in [-0.4, -0.2) is 37.0 Å². The van der Waals surface area contributed by atoms with E-state index in [0.29, 0.717) is 5.56 Å². The van der Waals surface area contributed by atoms with Gasteiger partial charge in [0.05, 0.1) is 22.8 Å². The molecular formula is C10H12O5S. The molecule has 0 saturated carbocycles. The summed E-state index contributed by atoms with van der Waals surface area (Å²) in [4.78, 5) is 10.8. The summed E-state index contributed by atoms with van der Waals surface area (Å²) in [5, 5.41) is 17.4. The van der Waals surface area contributed by atoms with E-state index >= 15 is 0 Å². The maximum absolute atomic E-state index is 11.6. The van der Waals surface area contributed by atoms with Gasteiger partial charge in [0.25, 0.3) is 0 Å². The normalized spacial score (nSPS) is 11.4. The number of carboxylic acids is 1. The zero-order valence-corrected chi connectivity index (χ0v) is 9.49. The Morgan fingerprint density at radius 2 is 2.00 bits per heavy atom. The largest absolute Gasteiger partial charge is 0.478 e. The van der Waals surface area contributed by atoms with Crippen LogP contribution in [0, 0.1) is 6.92 Å². The Morgan fingerprint density at radius 1 is 1.38 bits per heavy atom. The number of carbonyl (C=O) groups is 1. The number of aliphatic hydroxyl groups excluding tert-OH is 1. The second kappa shape index (κ2) is 4.63. The molecule has 6 heteroatoms. The molecule has 0 saturated heterocycles. The smallest absolute Gasteiger partial charge is 0.335 e. The number of aromatic carboxylic acids is 1. The minimum atomic E-state index is -3.52. The number of aliphatic hydroxyl groups is 1. The van der Waals surface area contributed by atoms with Gasteiger partial charge in [-0.3, -0.25) is 0 Å². The Labute approximate surface area is 93.3 Å². The average Bonchev–Trinajstić information content (AvgIpc) is 2.16. The summed E-state index contributed by atoms with van der Waals surface area (Å²) >= 11 is 0. The third kappa shape index (κ3) is 2.59. The van der Waals surface area contributed by atoms with E-state index in [9.17, 15) is 13.2 Å². The number of hydrogen-bond donors (Lipinski definition) is 2.